The van der Waals surface area contributed by atoms with Crippen molar-refractivity contribution < 1.29 is 0 Å². The van der Waals surface area contributed by atoms with Gasteiger partial charge in [0.25, 0.3) is 0 Å². The van der Waals surface area contributed by atoms with Gasteiger partial charge in [-0.1, -0.05) is 54.6 Å². The standard InChI is InChI=1S/C20H15/c1-13-11-16-8-10-18-17-6-4-3-5-15(17)7-9-19(18)20(16)12-14(13)2/h3-10,12H,1-2H3. The van der Waals surface area contributed by atoms with Crippen molar-refractivity contribution in [3.8, 4) is 0 Å². The first-order valence-corrected chi connectivity index (χ1v) is 6.98. The molecule has 95 valence electrons. The Morgan fingerprint density at radius 3 is 2.35 bits per heavy atom. The lowest BCUT2D eigenvalue weighted by atomic mass is 9.95. The fraction of sp³-hybridized carbons (Fsp3) is 0.100. The molecule has 0 N–H and O–H groups in total. The largest absolute Gasteiger partial charge is 0.0616 e. The van der Waals surface area contributed by atoms with Crippen molar-refractivity contribution in [1.29, 1.82) is 0 Å². The minimum absolute atomic E-state index is 1.20. The van der Waals surface area contributed by atoms with Crippen molar-refractivity contribution in [1.82, 2.24) is 0 Å². The van der Waals surface area contributed by atoms with Crippen molar-refractivity contribution >= 4 is 32.3 Å². The summed E-state index contributed by atoms with van der Waals surface area (Å²) in [5, 5.41) is 7.78. The van der Waals surface area contributed by atoms with E-state index in [-0.39, 0.29) is 0 Å². The van der Waals surface area contributed by atoms with E-state index in [9.17, 15) is 0 Å². The molecule has 0 heteroatoms. The Morgan fingerprint density at radius 1 is 0.700 bits per heavy atom. The summed E-state index contributed by atoms with van der Waals surface area (Å²) < 4.78 is 0. The number of hydrogen-bond donors (Lipinski definition) is 0. The highest BCUT2D eigenvalue weighted by molar-refractivity contribution is 6.17. The van der Waals surface area contributed by atoms with Crippen LogP contribution in [-0.4, -0.2) is 0 Å². The SMILES string of the molecule is Cc1[c]c2ccc3c4ccccc4ccc3c2cc1C. The van der Waals surface area contributed by atoms with E-state index in [1.54, 1.807) is 0 Å². The summed E-state index contributed by atoms with van der Waals surface area (Å²) in [5.41, 5.74) is 2.54. The molecule has 0 heterocycles. The quantitative estimate of drug-likeness (QED) is 0.361. The number of fused-ring (bicyclic) bond motifs is 5. The van der Waals surface area contributed by atoms with Gasteiger partial charge in [0.2, 0.25) is 0 Å². The lowest BCUT2D eigenvalue weighted by Gasteiger charge is -2.09. The third-order valence-corrected chi connectivity index (χ3v) is 4.24. The van der Waals surface area contributed by atoms with Gasteiger partial charge in [-0.2, -0.15) is 0 Å². The second-order valence-electron chi connectivity index (χ2n) is 5.49. The first-order chi connectivity index (χ1) is 9.74. The molecule has 0 aliphatic heterocycles. The number of aryl methyl sites for hydroxylation is 2. The van der Waals surface area contributed by atoms with Crippen LogP contribution in [0.25, 0.3) is 32.3 Å². The molecule has 1 radical (unpaired) electrons. The average molecular weight is 255 g/mol. The van der Waals surface area contributed by atoms with Crippen LogP contribution in [0.15, 0.2) is 54.6 Å². The van der Waals surface area contributed by atoms with Crippen molar-refractivity contribution in [2.24, 2.45) is 0 Å². The molecule has 0 aromatic heterocycles. The van der Waals surface area contributed by atoms with E-state index in [0.717, 1.165) is 0 Å². The Bertz CT molecular complexity index is 962. The number of rotatable bonds is 0. The van der Waals surface area contributed by atoms with Crippen LogP contribution >= 0.6 is 0 Å². The van der Waals surface area contributed by atoms with E-state index in [1.807, 2.05) is 0 Å². The van der Waals surface area contributed by atoms with E-state index in [2.05, 4.69) is 74.5 Å². The second-order valence-corrected chi connectivity index (χ2v) is 5.49. The maximum Gasteiger partial charge on any atom is -0.00642 e. The molecular weight excluding hydrogens is 240 g/mol. The summed E-state index contributed by atoms with van der Waals surface area (Å²) in [6.07, 6.45) is 0. The average Bonchev–Trinajstić information content (AvgIpc) is 2.48. The van der Waals surface area contributed by atoms with Crippen LogP contribution in [0.1, 0.15) is 11.1 Å². The Hall–Kier alpha value is -2.34. The number of benzene rings is 4. The van der Waals surface area contributed by atoms with Gasteiger partial charge in [-0.3, -0.25) is 0 Å². The normalized spacial score (nSPS) is 11.5. The van der Waals surface area contributed by atoms with Crippen molar-refractivity contribution in [2.45, 2.75) is 13.8 Å². The highest BCUT2D eigenvalue weighted by Crippen LogP contribution is 2.32. The predicted molar refractivity (Wildman–Crippen MR) is 87.3 cm³/mol. The molecule has 0 fully saturated rings. The van der Waals surface area contributed by atoms with Gasteiger partial charge in [-0.05, 0) is 63.4 Å². The van der Waals surface area contributed by atoms with Gasteiger partial charge in [0, 0.05) is 0 Å². The summed E-state index contributed by atoms with van der Waals surface area (Å²) in [6, 6.07) is 23.2. The molecule has 4 rings (SSSR count). The molecule has 0 atom stereocenters. The van der Waals surface area contributed by atoms with Gasteiger partial charge >= 0.3 is 0 Å². The molecule has 0 saturated carbocycles. The van der Waals surface area contributed by atoms with Crippen LogP contribution in [-0.2, 0) is 0 Å². The molecule has 0 aliphatic carbocycles. The Kier molecular flexibility index (Phi) is 2.34. The lowest BCUT2D eigenvalue weighted by molar-refractivity contribution is 1.36. The minimum Gasteiger partial charge on any atom is -0.0616 e. The lowest BCUT2D eigenvalue weighted by Crippen LogP contribution is -1.85. The van der Waals surface area contributed by atoms with E-state index in [4.69, 9.17) is 0 Å². The summed E-state index contributed by atoms with van der Waals surface area (Å²) in [6.45, 7) is 4.28. The van der Waals surface area contributed by atoms with Gasteiger partial charge in [0.1, 0.15) is 0 Å². The van der Waals surface area contributed by atoms with Crippen LogP contribution in [0.4, 0.5) is 0 Å². The molecule has 0 aliphatic rings. The summed E-state index contributed by atoms with van der Waals surface area (Å²) >= 11 is 0. The zero-order valence-corrected chi connectivity index (χ0v) is 11.7. The van der Waals surface area contributed by atoms with Gasteiger partial charge in [0.05, 0.1) is 0 Å². The third-order valence-electron chi connectivity index (χ3n) is 4.24. The van der Waals surface area contributed by atoms with E-state index < -0.39 is 0 Å². The van der Waals surface area contributed by atoms with Crippen molar-refractivity contribution in [2.75, 3.05) is 0 Å². The fourth-order valence-corrected chi connectivity index (χ4v) is 3.00. The summed E-state index contributed by atoms with van der Waals surface area (Å²) in [5.74, 6) is 0. The minimum atomic E-state index is 1.20. The van der Waals surface area contributed by atoms with Crippen molar-refractivity contribution in [3.63, 3.8) is 0 Å². The summed E-state index contributed by atoms with van der Waals surface area (Å²) in [4.78, 5) is 0. The monoisotopic (exact) mass is 255 g/mol. The molecule has 0 amide bonds. The van der Waals surface area contributed by atoms with E-state index >= 15 is 0 Å². The zero-order valence-electron chi connectivity index (χ0n) is 11.7. The predicted octanol–water partition coefficient (Wildman–Crippen LogP) is 5.56. The smallest absolute Gasteiger partial charge is 0.00642 e. The van der Waals surface area contributed by atoms with Crippen LogP contribution in [0.5, 0.6) is 0 Å². The Balaban J connectivity index is 2.25. The fourth-order valence-electron chi connectivity index (χ4n) is 3.00. The van der Waals surface area contributed by atoms with Crippen molar-refractivity contribution in [3.05, 3.63) is 71.8 Å². The Morgan fingerprint density at radius 2 is 1.45 bits per heavy atom. The maximum atomic E-state index is 3.50. The number of hydrogen-bond acceptors (Lipinski definition) is 0. The molecule has 0 bridgehead atoms. The molecule has 20 heavy (non-hydrogen) atoms. The highest BCUT2D eigenvalue weighted by Gasteiger charge is 2.05. The van der Waals surface area contributed by atoms with Crippen LogP contribution < -0.4 is 0 Å². The zero-order chi connectivity index (χ0) is 13.7. The molecule has 0 unspecified atom stereocenters. The van der Waals surface area contributed by atoms with Gasteiger partial charge in [0.15, 0.2) is 0 Å². The molecule has 0 nitrogen and oxygen atoms in total. The Labute approximate surface area is 118 Å². The summed E-state index contributed by atoms with van der Waals surface area (Å²) in [7, 11) is 0. The molecule has 0 saturated heterocycles. The third kappa shape index (κ3) is 1.55. The molecule has 4 aromatic rings. The topological polar surface area (TPSA) is 0 Å². The second kappa shape index (κ2) is 4.08. The van der Waals surface area contributed by atoms with Gasteiger partial charge in [-0.15, -0.1) is 0 Å². The first kappa shape index (κ1) is 11.5. The van der Waals surface area contributed by atoms with Crippen LogP contribution in [0.2, 0.25) is 0 Å². The van der Waals surface area contributed by atoms with E-state index in [1.165, 1.54) is 43.4 Å². The maximum absolute atomic E-state index is 3.50. The van der Waals surface area contributed by atoms with Gasteiger partial charge < -0.3 is 0 Å². The van der Waals surface area contributed by atoms with Crippen LogP contribution in [0.3, 0.4) is 0 Å². The van der Waals surface area contributed by atoms with Crippen LogP contribution in [0, 0.1) is 19.9 Å². The molecular formula is C20H15. The highest BCUT2D eigenvalue weighted by atomic mass is 14.1. The first-order valence-electron chi connectivity index (χ1n) is 6.98. The van der Waals surface area contributed by atoms with E-state index in [0.29, 0.717) is 0 Å². The molecule has 0 spiro atoms. The van der Waals surface area contributed by atoms with Gasteiger partial charge in [-0.25, -0.2) is 0 Å². The molecule has 4 aromatic carbocycles.